The third kappa shape index (κ3) is 5.23. The molecule has 3 heteroatoms. The molecule has 0 N–H and O–H groups in total. The summed E-state index contributed by atoms with van der Waals surface area (Å²) in [5.41, 5.74) is 3.17. The average Bonchev–Trinajstić information content (AvgIpc) is 3.19. The van der Waals surface area contributed by atoms with Crippen LogP contribution in [0.2, 0.25) is 0 Å². The largest absolute Gasteiger partial charge is 0.486 e. The normalized spacial score (nSPS) is 11.3. The Morgan fingerprint density at radius 1 is 1.00 bits per heavy atom. The van der Waals surface area contributed by atoms with Crippen LogP contribution >= 0.6 is 0 Å². The monoisotopic (exact) mass is 374 g/mol. The van der Waals surface area contributed by atoms with Crippen LogP contribution in [-0.2, 0) is 13.0 Å². The van der Waals surface area contributed by atoms with Gasteiger partial charge >= 0.3 is 0 Å². The first-order chi connectivity index (χ1) is 13.5. The number of benzene rings is 2. The van der Waals surface area contributed by atoms with E-state index < -0.39 is 0 Å². The molecule has 0 atom stereocenters. The maximum Gasteiger partial charge on any atom is 0.185 e. The predicted octanol–water partition coefficient (Wildman–Crippen LogP) is 6.44. The van der Waals surface area contributed by atoms with Crippen molar-refractivity contribution in [2.24, 2.45) is 0 Å². The van der Waals surface area contributed by atoms with Gasteiger partial charge in [-0.2, -0.15) is 0 Å². The highest BCUT2D eigenvalue weighted by Crippen LogP contribution is 2.18. The minimum absolute atomic E-state index is 0.0412. The smallest absolute Gasteiger partial charge is 0.185 e. The van der Waals surface area contributed by atoms with Crippen molar-refractivity contribution in [1.29, 1.82) is 0 Å². The standard InChI is InChI=1S/C25H26O3/c1-4-19-5-11-22(12-6-19)27-17-24-14-13-23(28-24)15-16-25(26)21-9-7-20(8-10-21)18(2)3/h5-16,18H,4,17H2,1-3H3/b16-15+. The molecule has 3 nitrogen and oxygen atoms in total. The van der Waals surface area contributed by atoms with Crippen LogP contribution in [0.5, 0.6) is 5.75 Å². The van der Waals surface area contributed by atoms with Gasteiger partial charge in [0, 0.05) is 5.56 Å². The van der Waals surface area contributed by atoms with Crippen LogP contribution in [0.25, 0.3) is 6.08 Å². The van der Waals surface area contributed by atoms with Crippen molar-refractivity contribution in [3.63, 3.8) is 0 Å². The molecule has 1 heterocycles. The summed E-state index contributed by atoms with van der Waals surface area (Å²) in [6.07, 6.45) is 4.24. The zero-order chi connectivity index (χ0) is 19.9. The highest BCUT2D eigenvalue weighted by molar-refractivity contribution is 6.06. The van der Waals surface area contributed by atoms with Gasteiger partial charge < -0.3 is 9.15 Å². The van der Waals surface area contributed by atoms with E-state index in [1.165, 1.54) is 17.2 Å². The third-order valence-corrected chi connectivity index (χ3v) is 4.66. The number of furan rings is 1. The van der Waals surface area contributed by atoms with Crippen molar-refractivity contribution in [3.8, 4) is 5.75 Å². The minimum atomic E-state index is -0.0412. The van der Waals surface area contributed by atoms with E-state index in [0.29, 0.717) is 29.6 Å². The maximum absolute atomic E-state index is 12.3. The summed E-state index contributed by atoms with van der Waals surface area (Å²) in [7, 11) is 0. The number of carbonyl (C=O) groups excluding carboxylic acids is 1. The molecule has 0 radical (unpaired) electrons. The van der Waals surface area contributed by atoms with Crippen LogP contribution in [0.4, 0.5) is 0 Å². The minimum Gasteiger partial charge on any atom is -0.486 e. The molecule has 0 spiro atoms. The molecule has 3 aromatic rings. The zero-order valence-electron chi connectivity index (χ0n) is 16.6. The molecule has 1 aromatic heterocycles. The summed E-state index contributed by atoms with van der Waals surface area (Å²) in [4.78, 5) is 12.3. The van der Waals surface area contributed by atoms with Gasteiger partial charge in [-0.1, -0.05) is 57.2 Å². The van der Waals surface area contributed by atoms with E-state index in [9.17, 15) is 4.79 Å². The molecule has 0 bridgehead atoms. The van der Waals surface area contributed by atoms with Crippen LogP contribution in [0.1, 0.15) is 59.7 Å². The number of hydrogen-bond donors (Lipinski definition) is 0. The fraction of sp³-hybridized carbons (Fsp3) is 0.240. The van der Waals surface area contributed by atoms with Gasteiger partial charge in [0.05, 0.1) is 0 Å². The van der Waals surface area contributed by atoms with Crippen molar-refractivity contribution in [1.82, 2.24) is 0 Å². The van der Waals surface area contributed by atoms with Crippen LogP contribution in [0, 0.1) is 0 Å². The van der Waals surface area contributed by atoms with E-state index >= 15 is 0 Å². The number of rotatable bonds is 8. The second-order valence-corrected chi connectivity index (χ2v) is 7.06. The van der Waals surface area contributed by atoms with Gasteiger partial charge in [-0.3, -0.25) is 4.79 Å². The Hall–Kier alpha value is -3.07. The second kappa shape index (κ2) is 9.23. The summed E-state index contributed by atoms with van der Waals surface area (Å²) in [5, 5.41) is 0. The summed E-state index contributed by atoms with van der Waals surface area (Å²) < 4.78 is 11.5. The van der Waals surface area contributed by atoms with E-state index in [0.717, 1.165) is 12.2 Å². The zero-order valence-corrected chi connectivity index (χ0v) is 16.6. The Kier molecular flexibility index (Phi) is 6.49. The van der Waals surface area contributed by atoms with Crippen LogP contribution in [-0.4, -0.2) is 5.78 Å². The van der Waals surface area contributed by atoms with Gasteiger partial charge in [-0.25, -0.2) is 0 Å². The average molecular weight is 374 g/mol. The van der Waals surface area contributed by atoms with Gasteiger partial charge in [0.1, 0.15) is 23.9 Å². The molecular weight excluding hydrogens is 348 g/mol. The number of hydrogen-bond acceptors (Lipinski definition) is 3. The lowest BCUT2D eigenvalue weighted by molar-refractivity contribution is 0.104. The Labute approximate surface area is 166 Å². The van der Waals surface area contributed by atoms with Gasteiger partial charge in [0.25, 0.3) is 0 Å². The predicted molar refractivity (Wildman–Crippen MR) is 113 cm³/mol. The molecule has 0 unspecified atom stereocenters. The van der Waals surface area contributed by atoms with Crippen LogP contribution < -0.4 is 4.74 Å². The molecule has 0 saturated heterocycles. The first kappa shape index (κ1) is 19.7. The topological polar surface area (TPSA) is 39.4 Å². The molecule has 0 aliphatic carbocycles. The number of aryl methyl sites for hydroxylation is 1. The van der Waals surface area contributed by atoms with Crippen molar-refractivity contribution in [2.45, 2.75) is 39.7 Å². The van der Waals surface area contributed by atoms with Crippen LogP contribution in [0.15, 0.2) is 71.2 Å². The summed E-state index contributed by atoms with van der Waals surface area (Å²) in [6, 6.07) is 19.5. The van der Waals surface area contributed by atoms with Gasteiger partial charge in [0.15, 0.2) is 5.78 Å². The fourth-order valence-corrected chi connectivity index (χ4v) is 2.82. The molecule has 0 saturated carbocycles. The van der Waals surface area contributed by atoms with E-state index in [-0.39, 0.29) is 5.78 Å². The van der Waals surface area contributed by atoms with E-state index in [4.69, 9.17) is 9.15 Å². The van der Waals surface area contributed by atoms with Crippen LogP contribution in [0.3, 0.4) is 0 Å². The fourth-order valence-electron chi connectivity index (χ4n) is 2.82. The lowest BCUT2D eigenvalue weighted by Crippen LogP contribution is -1.95. The SMILES string of the molecule is CCc1ccc(OCc2ccc(/C=C/C(=O)c3ccc(C(C)C)cc3)o2)cc1. The highest BCUT2D eigenvalue weighted by atomic mass is 16.5. The molecule has 0 aliphatic rings. The van der Waals surface area contributed by atoms with Crippen molar-refractivity contribution < 1.29 is 13.9 Å². The second-order valence-electron chi connectivity index (χ2n) is 7.06. The molecule has 0 aliphatic heterocycles. The molecule has 144 valence electrons. The van der Waals surface area contributed by atoms with Crippen molar-refractivity contribution in [2.75, 3.05) is 0 Å². The van der Waals surface area contributed by atoms with E-state index in [2.05, 4.69) is 32.9 Å². The molecule has 0 amide bonds. The first-order valence-electron chi connectivity index (χ1n) is 9.68. The number of ether oxygens (including phenoxy) is 1. The van der Waals surface area contributed by atoms with E-state index in [1.54, 1.807) is 6.08 Å². The molecule has 28 heavy (non-hydrogen) atoms. The van der Waals surface area contributed by atoms with Crippen molar-refractivity contribution in [3.05, 3.63) is 95.0 Å². The number of ketones is 1. The highest BCUT2D eigenvalue weighted by Gasteiger charge is 2.05. The Morgan fingerprint density at radius 3 is 2.36 bits per heavy atom. The quantitative estimate of drug-likeness (QED) is 0.336. The summed E-state index contributed by atoms with van der Waals surface area (Å²) in [6.45, 7) is 6.74. The van der Waals surface area contributed by atoms with Gasteiger partial charge in [-0.15, -0.1) is 0 Å². The van der Waals surface area contributed by atoms with Gasteiger partial charge in [-0.05, 0) is 59.9 Å². The first-order valence-corrected chi connectivity index (χ1v) is 9.68. The summed E-state index contributed by atoms with van der Waals surface area (Å²) in [5.74, 6) is 2.57. The number of carbonyl (C=O) groups is 1. The van der Waals surface area contributed by atoms with Gasteiger partial charge in [0.2, 0.25) is 0 Å². The molecule has 2 aromatic carbocycles. The Balaban J connectivity index is 1.56. The van der Waals surface area contributed by atoms with Crippen molar-refractivity contribution >= 4 is 11.9 Å². The lowest BCUT2D eigenvalue weighted by Gasteiger charge is -2.05. The Morgan fingerprint density at radius 2 is 1.71 bits per heavy atom. The Bertz CT molecular complexity index is 929. The number of allylic oxidation sites excluding steroid dienone is 1. The summed E-state index contributed by atoms with van der Waals surface area (Å²) >= 11 is 0. The molecule has 3 rings (SSSR count). The molecular formula is C25H26O3. The maximum atomic E-state index is 12.3. The lowest BCUT2D eigenvalue weighted by atomic mass is 10.0. The molecule has 0 fully saturated rings. The van der Waals surface area contributed by atoms with E-state index in [1.807, 2.05) is 48.5 Å². The third-order valence-electron chi connectivity index (χ3n) is 4.66.